The Balaban J connectivity index is 1.31. The smallest absolute Gasteiger partial charge is 0.336 e. The van der Waals surface area contributed by atoms with Crippen LogP contribution in [-0.2, 0) is 27.3 Å². The summed E-state index contributed by atoms with van der Waals surface area (Å²) in [5.74, 6) is -0.523. The van der Waals surface area contributed by atoms with E-state index in [1.165, 1.54) is 5.56 Å². The Hall–Kier alpha value is -3.61. The molecule has 2 aliphatic heterocycles. The second-order valence-corrected chi connectivity index (χ2v) is 12.1. The van der Waals surface area contributed by atoms with Crippen molar-refractivity contribution in [3.63, 3.8) is 0 Å². The number of rotatable bonds is 8. The fraction of sp³-hybridized carbons (Fsp3) is 0.343. The maximum absolute atomic E-state index is 13.5. The average Bonchev–Trinajstić information content (AvgIpc) is 3.01. The molecule has 0 unspecified atom stereocenters. The van der Waals surface area contributed by atoms with Crippen LogP contribution >= 0.6 is 23.2 Å². The summed E-state index contributed by atoms with van der Waals surface area (Å²) in [6, 6.07) is 23.1. The molecule has 3 aromatic rings. The number of ether oxygens (including phenoxy) is 1. The number of benzene rings is 3. The van der Waals surface area contributed by atoms with Crippen molar-refractivity contribution in [2.45, 2.75) is 52.0 Å². The van der Waals surface area contributed by atoms with Crippen LogP contribution < -0.4 is 0 Å². The zero-order valence-electron chi connectivity index (χ0n) is 24.5. The number of esters is 1. The van der Waals surface area contributed by atoms with Gasteiger partial charge in [-0.1, -0.05) is 71.7 Å². The minimum Gasteiger partial charge on any atom is -0.463 e. The van der Waals surface area contributed by atoms with Crippen LogP contribution in [0.5, 0.6) is 0 Å². The second-order valence-electron chi connectivity index (χ2n) is 11.3. The highest BCUT2D eigenvalue weighted by Gasteiger charge is 2.37. The number of nitrogens with zero attached hydrogens (tertiary/aromatic N) is 2. The van der Waals surface area contributed by atoms with Gasteiger partial charge in [0.05, 0.1) is 28.8 Å². The fourth-order valence-corrected chi connectivity index (χ4v) is 6.45. The lowest BCUT2D eigenvalue weighted by Gasteiger charge is -2.35. The first kappa shape index (κ1) is 30.8. The Morgan fingerprint density at radius 2 is 1.63 bits per heavy atom. The predicted molar refractivity (Wildman–Crippen MR) is 169 cm³/mol. The largest absolute Gasteiger partial charge is 0.463 e. The maximum atomic E-state index is 13.5. The number of hydrogen-bond acceptors (Lipinski definition) is 4. The van der Waals surface area contributed by atoms with Crippen LogP contribution in [0.25, 0.3) is 0 Å². The van der Waals surface area contributed by atoms with E-state index in [9.17, 15) is 14.4 Å². The van der Waals surface area contributed by atoms with Crippen LogP contribution in [0.2, 0.25) is 10.0 Å². The molecule has 6 nitrogen and oxygen atoms in total. The maximum Gasteiger partial charge on any atom is 0.336 e. The number of amides is 2. The van der Waals surface area contributed by atoms with Gasteiger partial charge >= 0.3 is 5.97 Å². The van der Waals surface area contributed by atoms with E-state index < -0.39 is 11.9 Å². The topological polar surface area (TPSA) is 66.9 Å². The normalized spacial score (nSPS) is 17.8. The van der Waals surface area contributed by atoms with Crippen molar-refractivity contribution in [1.29, 1.82) is 0 Å². The molecule has 1 saturated heterocycles. The molecule has 0 spiro atoms. The van der Waals surface area contributed by atoms with Crippen molar-refractivity contribution in [3.8, 4) is 0 Å². The van der Waals surface area contributed by atoms with Gasteiger partial charge in [-0.05, 0) is 80.0 Å². The molecule has 0 radical (unpaired) electrons. The first-order valence-corrected chi connectivity index (χ1v) is 15.6. The van der Waals surface area contributed by atoms with Crippen molar-refractivity contribution in [2.24, 2.45) is 5.92 Å². The predicted octanol–water partition coefficient (Wildman–Crippen LogP) is 7.44. The summed E-state index contributed by atoms with van der Waals surface area (Å²) in [6.07, 6.45) is 3.07. The third-order valence-corrected chi connectivity index (χ3v) is 9.19. The first-order valence-electron chi connectivity index (χ1n) is 14.8. The monoisotopic (exact) mass is 618 g/mol. The lowest BCUT2D eigenvalue weighted by atomic mass is 9.83. The van der Waals surface area contributed by atoms with E-state index in [4.69, 9.17) is 27.9 Å². The Bertz CT molecular complexity index is 1530. The Morgan fingerprint density at radius 3 is 2.33 bits per heavy atom. The van der Waals surface area contributed by atoms with Gasteiger partial charge in [-0.25, -0.2) is 4.79 Å². The van der Waals surface area contributed by atoms with Gasteiger partial charge in [0.15, 0.2) is 0 Å². The van der Waals surface area contributed by atoms with Crippen molar-refractivity contribution in [2.75, 3.05) is 19.7 Å². The highest BCUT2D eigenvalue weighted by Crippen LogP contribution is 2.39. The summed E-state index contributed by atoms with van der Waals surface area (Å²) in [7, 11) is 0. The summed E-state index contributed by atoms with van der Waals surface area (Å²) in [6.45, 7) is 5.43. The zero-order valence-corrected chi connectivity index (χ0v) is 26.0. The minimum absolute atomic E-state index is 0.00383. The van der Waals surface area contributed by atoms with Crippen molar-refractivity contribution < 1.29 is 19.1 Å². The summed E-state index contributed by atoms with van der Waals surface area (Å²) in [5, 5.41) is 0.760. The number of piperidine rings is 1. The molecular formula is C35H36Cl2N2O4. The molecule has 1 fully saturated rings. The first-order chi connectivity index (χ1) is 20.7. The lowest BCUT2D eigenvalue weighted by Crippen LogP contribution is -2.39. The molecule has 5 rings (SSSR count). The zero-order chi connectivity index (χ0) is 30.5. The highest BCUT2D eigenvalue weighted by molar-refractivity contribution is 6.42. The van der Waals surface area contributed by atoms with Gasteiger partial charge in [-0.3, -0.25) is 9.59 Å². The standard InChI is InChI=1S/C35H36Cl2N2O4/c1-3-43-35(42)33-23(2)39(32(40)21-29(33)27-12-13-30(36)31(37)20-27)22-26-10-7-11-28(19-26)34(41)38-16-14-25(15-17-38)18-24-8-5-4-6-9-24/h4-13,19-20,25,29H,3,14-18,21-22H2,1-2H3/t29-/m0/s1. The Labute approximate surface area is 263 Å². The second kappa shape index (κ2) is 13.8. The minimum atomic E-state index is -0.504. The molecule has 8 heteroatoms. The van der Waals surface area contributed by atoms with E-state index in [1.54, 1.807) is 36.9 Å². The van der Waals surface area contributed by atoms with Crippen LogP contribution in [0.15, 0.2) is 84.1 Å². The van der Waals surface area contributed by atoms with Crippen LogP contribution in [0, 0.1) is 5.92 Å². The molecular weight excluding hydrogens is 583 g/mol. The van der Waals surface area contributed by atoms with E-state index in [1.807, 2.05) is 35.2 Å². The lowest BCUT2D eigenvalue weighted by molar-refractivity contribution is -0.140. The van der Waals surface area contributed by atoms with E-state index in [0.717, 1.165) is 43.5 Å². The van der Waals surface area contributed by atoms with Crippen molar-refractivity contribution in [1.82, 2.24) is 9.80 Å². The van der Waals surface area contributed by atoms with E-state index in [-0.39, 0.29) is 31.4 Å². The van der Waals surface area contributed by atoms with Gasteiger partial charge < -0.3 is 14.5 Å². The van der Waals surface area contributed by atoms with Gasteiger partial charge in [0, 0.05) is 36.7 Å². The van der Waals surface area contributed by atoms with E-state index in [2.05, 4.69) is 24.3 Å². The van der Waals surface area contributed by atoms with Crippen molar-refractivity contribution in [3.05, 3.63) is 116 Å². The van der Waals surface area contributed by atoms with Gasteiger partial charge in [0.1, 0.15) is 0 Å². The number of allylic oxidation sites excluding steroid dienone is 1. The summed E-state index contributed by atoms with van der Waals surface area (Å²) >= 11 is 12.4. The molecule has 0 bridgehead atoms. The number of hydrogen-bond donors (Lipinski definition) is 0. The third kappa shape index (κ3) is 7.14. The van der Waals surface area contributed by atoms with Crippen LogP contribution in [0.1, 0.15) is 66.1 Å². The Kier molecular flexibility index (Phi) is 9.89. The molecule has 1 atom stereocenters. The van der Waals surface area contributed by atoms with Crippen LogP contribution in [0.3, 0.4) is 0 Å². The molecule has 2 aliphatic rings. The Morgan fingerprint density at radius 1 is 0.907 bits per heavy atom. The van der Waals surface area contributed by atoms with E-state index in [0.29, 0.717) is 32.8 Å². The molecule has 224 valence electrons. The van der Waals surface area contributed by atoms with Gasteiger partial charge in [-0.2, -0.15) is 0 Å². The molecule has 0 N–H and O–H groups in total. The molecule has 0 aromatic heterocycles. The SMILES string of the molecule is CCOC(=O)C1=C(C)N(Cc2cccc(C(=O)N3CCC(Cc4ccccc4)CC3)c2)C(=O)C[C@H]1c1ccc(Cl)c(Cl)c1. The quantitative estimate of drug-likeness (QED) is 0.246. The number of carbonyl (C=O) groups is 3. The van der Waals surface area contributed by atoms with Gasteiger partial charge in [-0.15, -0.1) is 0 Å². The summed E-state index contributed by atoms with van der Waals surface area (Å²) < 4.78 is 5.41. The molecule has 0 aliphatic carbocycles. The molecule has 0 saturated carbocycles. The van der Waals surface area contributed by atoms with Crippen molar-refractivity contribution >= 4 is 41.0 Å². The molecule has 3 aromatic carbocycles. The van der Waals surface area contributed by atoms with Gasteiger partial charge in [0.2, 0.25) is 5.91 Å². The number of likely N-dealkylation sites (tertiary alicyclic amines) is 1. The van der Waals surface area contributed by atoms with Crippen LogP contribution in [-0.4, -0.2) is 47.3 Å². The number of halogens is 2. The summed E-state index contributed by atoms with van der Waals surface area (Å²) in [5.41, 5.74) is 4.43. The molecule has 43 heavy (non-hydrogen) atoms. The molecule has 2 amide bonds. The highest BCUT2D eigenvalue weighted by atomic mass is 35.5. The van der Waals surface area contributed by atoms with Gasteiger partial charge in [0.25, 0.3) is 5.91 Å². The number of carbonyl (C=O) groups excluding carboxylic acids is 3. The van der Waals surface area contributed by atoms with Crippen LogP contribution in [0.4, 0.5) is 0 Å². The summed E-state index contributed by atoms with van der Waals surface area (Å²) in [4.78, 5) is 43.7. The average molecular weight is 620 g/mol. The molecule has 2 heterocycles. The fourth-order valence-electron chi connectivity index (χ4n) is 6.15. The van der Waals surface area contributed by atoms with E-state index >= 15 is 0 Å². The third-order valence-electron chi connectivity index (χ3n) is 8.45.